The van der Waals surface area contributed by atoms with Crippen molar-refractivity contribution in [3.63, 3.8) is 0 Å². The molecule has 1 unspecified atom stereocenters. The molecule has 4 nitrogen and oxygen atoms in total. The summed E-state index contributed by atoms with van der Waals surface area (Å²) in [5, 5.41) is 3.91. The zero-order chi connectivity index (χ0) is 17.9. The number of hydrogen-bond acceptors (Lipinski definition) is 4. The minimum Gasteiger partial charge on any atom is -0.444 e. The van der Waals surface area contributed by atoms with Crippen molar-refractivity contribution in [2.75, 3.05) is 18.0 Å². The largest absolute Gasteiger partial charge is 0.444 e. The predicted octanol–water partition coefficient (Wildman–Crippen LogP) is 4.06. The van der Waals surface area contributed by atoms with E-state index < -0.39 is 11.6 Å². The molecule has 1 N–H and O–H groups in total. The molecule has 0 spiro atoms. The first-order valence-corrected chi connectivity index (χ1v) is 9.39. The van der Waals surface area contributed by atoms with Gasteiger partial charge in [-0.05, 0) is 43.2 Å². The number of nitrogens with one attached hydrogen (secondary N) is 1. The van der Waals surface area contributed by atoms with E-state index in [-0.39, 0.29) is 0 Å². The van der Waals surface area contributed by atoms with Crippen LogP contribution in [-0.2, 0) is 5.79 Å². The molecule has 2 aliphatic heterocycles. The Morgan fingerprint density at radius 1 is 1.23 bits per heavy atom. The predicted molar refractivity (Wildman–Crippen MR) is 98.6 cm³/mol. The van der Waals surface area contributed by atoms with Crippen molar-refractivity contribution in [3.8, 4) is 11.5 Å². The number of anilines is 1. The molecule has 2 aromatic rings. The van der Waals surface area contributed by atoms with Crippen LogP contribution in [0.3, 0.4) is 0 Å². The Bertz CT molecular complexity index is 877. The van der Waals surface area contributed by atoms with Crippen molar-refractivity contribution in [2.45, 2.75) is 37.6 Å². The second-order valence-corrected chi connectivity index (χ2v) is 7.71. The lowest BCUT2D eigenvalue weighted by molar-refractivity contribution is -0.0705. The summed E-state index contributed by atoms with van der Waals surface area (Å²) in [5.74, 6) is -0.304. The third-order valence-corrected chi connectivity index (χ3v) is 5.92. The summed E-state index contributed by atoms with van der Waals surface area (Å²) in [6, 6.07) is 11.5. The van der Waals surface area contributed by atoms with Crippen LogP contribution < -0.4 is 19.7 Å². The molecule has 0 bridgehead atoms. The number of nitrogens with zero attached hydrogens (tertiary/aromatic N) is 1. The van der Waals surface area contributed by atoms with Gasteiger partial charge in [0.1, 0.15) is 5.82 Å². The summed E-state index contributed by atoms with van der Waals surface area (Å²) in [6.45, 7) is 3.62. The first-order valence-electron chi connectivity index (χ1n) is 9.02. The molecule has 2 aromatic carbocycles. The van der Waals surface area contributed by atoms with Gasteiger partial charge < -0.3 is 19.7 Å². The van der Waals surface area contributed by atoms with Crippen molar-refractivity contribution in [1.82, 2.24) is 5.32 Å². The van der Waals surface area contributed by atoms with Crippen LogP contribution in [0.5, 0.6) is 11.5 Å². The van der Waals surface area contributed by atoms with Gasteiger partial charge in [0.05, 0.1) is 11.3 Å². The summed E-state index contributed by atoms with van der Waals surface area (Å²) in [4.78, 5) is 2.40. The second kappa shape index (κ2) is 5.76. The van der Waals surface area contributed by atoms with E-state index in [2.05, 4.69) is 16.3 Å². The van der Waals surface area contributed by atoms with Gasteiger partial charge in [0.25, 0.3) is 5.79 Å². The average molecular weight is 375 g/mol. The molecule has 1 saturated carbocycles. The number of piperazine rings is 1. The quantitative estimate of drug-likeness (QED) is 0.859. The molecule has 1 aliphatic carbocycles. The zero-order valence-electron chi connectivity index (χ0n) is 14.5. The molecule has 0 aromatic heterocycles. The molecule has 6 heteroatoms. The van der Waals surface area contributed by atoms with E-state index in [4.69, 9.17) is 21.1 Å². The van der Waals surface area contributed by atoms with E-state index >= 15 is 0 Å². The summed E-state index contributed by atoms with van der Waals surface area (Å²) >= 11 is 5.89. The lowest BCUT2D eigenvalue weighted by Gasteiger charge is -2.50. The van der Waals surface area contributed by atoms with Gasteiger partial charge in [-0.3, -0.25) is 0 Å². The fourth-order valence-electron chi connectivity index (χ4n) is 4.24. The van der Waals surface area contributed by atoms with Crippen LogP contribution >= 0.6 is 11.6 Å². The Hall–Kier alpha value is -1.98. The average Bonchev–Trinajstić information content (AvgIpc) is 2.92. The maximum absolute atomic E-state index is 14.5. The molecule has 5 rings (SSSR count). The molecule has 3 aliphatic rings. The van der Waals surface area contributed by atoms with E-state index in [1.54, 1.807) is 19.1 Å². The minimum absolute atomic E-state index is 0.339. The van der Waals surface area contributed by atoms with Crippen molar-refractivity contribution >= 4 is 17.3 Å². The number of benzene rings is 2. The number of halogens is 2. The maximum atomic E-state index is 14.5. The smallest absolute Gasteiger partial charge is 0.278 e. The van der Waals surface area contributed by atoms with Gasteiger partial charge in [-0.25, -0.2) is 4.39 Å². The van der Waals surface area contributed by atoms with Crippen LogP contribution in [0.2, 0.25) is 5.02 Å². The van der Waals surface area contributed by atoms with Gasteiger partial charge in [-0.2, -0.15) is 0 Å². The first-order chi connectivity index (χ1) is 12.5. The SMILES string of the molecule is CC1(c2ccc(Cl)cc2F)Oc2cccc(N3CCN[C@@H]4CC[C@H]43)c2O1. The molecule has 1 saturated heterocycles. The van der Waals surface area contributed by atoms with Crippen LogP contribution in [-0.4, -0.2) is 25.2 Å². The number of fused-ring (bicyclic) bond motifs is 2. The lowest BCUT2D eigenvalue weighted by Crippen LogP contribution is -2.63. The molecular weight excluding hydrogens is 355 g/mol. The Labute approximate surface area is 156 Å². The van der Waals surface area contributed by atoms with E-state index in [0.717, 1.165) is 18.8 Å². The fourth-order valence-corrected chi connectivity index (χ4v) is 4.39. The van der Waals surface area contributed by atoms with Crippen LogP contribution in [0.15, 0.2) is 36.4 Å². The molecule has 2 heterocycles. The van der Waals surface area contributed by atoms with Gasteiger partial charge in [-0.15, -0.1) is 0 Å². The van der Waals surface area contributed by atoms with Crippen molar-refractivity contribution < 1.29 is 13.9 Å². The molecule has 2 fully saturated rings. The highest BCUT2D eigenvalue weighted by Gasteiger charge is 2.45. The molecule has 26 heavy (non-hydrogen) atoms. The Morgan fingerprint density at radius 2 is 2.12 bits per heavy atom. The third-order valence-electron chi connectivity index (χ3n) is 5.69. The standard InChI is InChI=1S/C20H20ClFN2O2/c1-20(13-6-5-12(21)11-14(13)22)25-18-4-2-3-17(19(18)26-20)24-10-9-23-15-7-8-16(15)24/h2-6,11,15-16,23H,7-10H2,1H3/t15-,16-,20?/m1/s1. The highest BCUT2D eigenvalue weighted by molar-refractivity contribution is 6.30. The molecule has 136 valence electrons. The molecule has 0 amide bonds. The molecular formula is C20H20ClFN2O2. The van der Waals surface area contributed by atoms with Gasteiger partial charge in [-0.1, -0.05) is 17.7 Å². The van der Waals surface area contributed by atoms with Crippen molar-refractivity contribution in [1.29, 1.82) is 0 Å². The van der Waals surface area contributed by atoms with Crippen molar-refractivity contribution in [3.05, 3.63) is 52.8 Å². The van der Waals surface area contributed by atoms with Gasteiger partial charge >= 0.3 is 0 Å². The van der Waals surface area contributed by atoms with Crippen LogP contribution in [0, 0.1) is 5.82 Å². The monoisotopic (exact) mass is 374 g/mol. The zero-order valence-corrected chi connectivity index (χ0v) is 15.2. The van der Waals surface area contributed by atoms with Crippen LogP contribution in [0.4, 0.5) is 10.1 Å². The number of hydrogen-bond donors (Lipinski definition) is 1. The second-order valence-electron chi connectivity index (χ2n) is 7.28. The summed E-state index contributed by atoms with van der Waals surface area (Å²) in [5.41, 5.74) is 1.36. The number of ether oxygens (including phenoxy) is 2. The Balaban J connectivity index is 1.51. The van der Waals surface area contributed by atoms with E-state index in [1.807, 2.05) is 12.1 Å². The number of para-hydroxylation sites is 1. The topological polar surface area (TPSA) is 33.7 Å². The normalized spacial score (nSPS) is 29.3. The Morgan fingerprint density at radius 3 is 2.88 bits per heavy atom. The van der Waals surface area contributed by atoms with Gasteiger partial charge in [0.2, 0.25) is 0 Å². The fraction of sp³-hybridized carbons (Fsp3) is 0.400. The van der Waals surface area contributed by atoms with Crippen LogP contribution in [0.25, 0.3) is 0 Å². The minimum atomic E-state index is -1.21. The van der Waals surface area contributed by atoms with Crippen LogP contribution in [0.1, 0.15) is 25.3 Å². The number of rotatable bonds is 2. The van der Waals surface area contributed by atoms with Gasteiger partial charge in [0, 0.05) is 37.1 Å². The summed E-state index contributed by atoms with van der Waals surface area (Å²) in [7, 11) is 0. The van der Waals surface area contributed by atoms with E-state index in [0.29, 0.717) is 34.2 Å². The van der Waals surface area contributed by atoms with Crippen molar-refractivity contribution in [2.24, 2.45) is 0 Å². The summed E-state index contributed by atoms with van der Waals surface area (Å²) < 4.78 is 26.8. The maximum Gasteiger partial charge on any atom is 0.278 e. The van der Waals surface area contributed by atoms with Gasteiger partial charge in [0.15, 0.2) is 11.5 Å². The molecule has 3 atom stereocenters. The Kier molecular flexibility index (Phi) is 3.59. The first kappa shape index (κ1) is 16.2. The van der Waals surface area contributed by atoms with E-state index in [9.17, 15) is 4.39 Å². The highest BCUT2D eigenvalue weighted by atomic mass is 35.5. The molecule has 0 radical (unpaired) electrons. The third kappa shape index (κ3) is 2.37. The summed E-state index contributed by atoms with van der Waals surface area (Å²) in [6.07, 6.45) is 2.38. The lowest BCUT2D eigenvalue weighted by atomic mass is 9.83. The highest BCUT2D eigenvalue weighted by Crippen LogP contribution is 2.51. The van der Waals surface area contributed by atoms with E-state index in [1.165, 1.54) is 18.9 Å².